The summed E-state index contributed by atoms with van der Waals surface area (Å²) in [5.74, 6) is -14.8. The number of carbonyl (C=O) groups is 1. The lowest BCUT2D eigenvalue weighted by Crippen LogP contribution is -2.38. The molecule has 3 atom stereocenters. The van der Waals surface area contributed by atoms with Crippen molar-refractivity contribution in [3.05, 3.63) is 127 Å². The number of rotatable bonds is 11. The van der Waals surface area contributed by atoms with E-state index in [0.717, 1.165) is 27.6 Å². The fourth-order valence-electron chi connectivity index (χ4n) is 8.32. The van der Waals surface area contributed by atoms with Gasteiger partial charge in [0.25, 0.3) is 17.9 Å². The van der Waals surface area contributed by atoms with Crippen molar-refractivity contribution in [3.63, 3.8) is 0 Å². The highest BCUT2D eigenvalue weighted by Crippen LogP contribution is 2.68. The predicted octanol–water partition coefficient (Wildman–Crippen LogP) is 7.50. The van der Waals surface area contributed by atoms with Crippen LogP contribution in [0.4, 0.5) is 45.3 Å². The van der Waals surface area contributed by atoms with E-state index >= 15 is 8.78 Å². The van der Waals surface area contributed by atoms with Gasteiger partial charge in [0.1, 0.15) is 35.4 Å². The fourth-order valence-corrected chi connectivity index (χ4v) is 9.06. The summed E-state index contributed by atoms with van der Waals surface area (Å²) in [5.41, 5.74) is -4.40. The number of alkyl halides is 4. The molecule has 64 heavy (non-hydrogen) atoms. The van der Waals surface area contributed by atoms with Gasteiger partial charge < -0.3 is 5.32 Å². The topological polar surface area (TPSA) is 159 Å². The number of anilines is 1. The van der Waals surface area contributed by atoms with E-state index in [-0.39, 0.29) is 61.6 Å². The van der Waals surface area contributed by atoms with Crippen molar-refractivity contribution in [2.24, 2.45) is 13.0 Å². The van der Waals surface area contributed by atoms with Crippen molar-refractivity contribution in [1.82, 2.24) is 39.4 Å². The summed E-state index contributed by atoms with van der Waals surface area (Å²) in [7, 11) is -2.62. The minimum absolute atomic E-state index is 0.0145. The van der Waals surface area contributed by atoms with Crippen LogP contribution in [0.2, 0.25) is 5.02 Å². The lowest BCUT2D eigenvalue weighted by Gasteiger charge is -2.24. The van der Waals surface area contributed by atoms with Gasteiger partial charge in [-0.05, 0) is 66.4 Å². The van der Waals surface area contributed by atoms with Crippen molar-refractivity contribution < 1.29 is 52.7 Å². The van der Waals surface area contributed by atoms with Gasteiger partial charge in [0, 0.05) is 36.6 Å². The Balaban J connectivity index is 1.27. The van der Waals surface area contributed by atoms with Gasteiger partial charge in [0.05, 0.1) is 45.0 Å². The first-order valence-electron chi connectivity index (χ1n) is 18.8. The summed E-state index contributed by atoms with van der Waals surface area (Å²) in [6, 6.07) is 6.76. The Morgan fingerprint density at radius 1 is 0.969 bits per heavy atom. The quantitative estimate of drug-likeness (QED) is 0.0998. The van der Waals surface area contributed by atoms with Gasteiger partial charge in [-0.2, -0.15) is 19.0 Å². The summed E-state index contributed by atoms with van der Waals surface area (Å²) < 4.78 is 161. The van der Waals surface area contributed by atoms with Crippen molar-refractivity contribution in [3.8, 4) is 16.9 Å². The van der Waals surface area contributed by atoms with E-state index in [4.69, 9.17) is 11.6 Å². The van der Waals surface area contributed by atoms with Crippen molar-refractivity contribution in [2.75, 3.05) is 11.0 Å². The summed E-state index contributed by atoms with van der Waals surface area (Å²) in [6.45, 7) is -1.09. The third-order valence-corrected chi connectivity index (χ3v) is 11.8. The van der Waals surface area contributed by atoms with Gasteiger partial charge in [-0.3, -0.25) is 28.2 Å². The first-order valence-corrected chi connectivity index (χ1v) is 21.1. The summed E-state index contributed by atoms with van der Waals surface area (Å²) >= 11 is 6.57. The molecule has 2 aliphatic rings. The number of sulfonamides is 1. The second-order valence-corrected chi connectivity index (χ2v) is 17.5. The fraction of sp³-hybridized carbons (Fsp3) is 0.250. The third-order valence-electron chi connectivity index (χ3n) is 10.9. The zero-order valence-electron chi connectivity index (χ0n) is 32.6. The highest BCUT2D eigenvalue weighted by atomic mass is 35.5. The van der Waals surface area contributed by atoms with Crippen LogP contribution in [-0.2, 0) is 40.8 Å². The molecular formula is C40H27ClF9N9O4S. The largest absolute Gasteiger partial charge is 0.344 e. The lowest BCUT2D eigenvalue weighted by molar-refractivity contribution is -0.123. The first-order chi connectivity index (χ1) is 30.1. The zero-order valence-corrected chi connectivity index (χ0v) is 34.2. The van der Waals surface area contributed by atoms with E-state index < -0.39 is 117 Å². The minimum Gasteiger partial charge on any atom is -0.344 e. The Morgan fingerprint density at radius 2 is 1.66 bits per heavy atom. The van der Waals surface area contributed by atoms with Crippen molar-refractivity contribution in [2.45, 2.75) is 43.7 Å². The first kappa shape index (κ1) is 42.8. The van der Waals surface area contributed by atoms with Crippen LogP contribution >= 0.6 is 11.6 Å². The molecule has 1 fully saturated rings. The molecule has 2 aliphatic carbocycles. The predicted molar refractivity (Wildman–Crippen MR) is 211 cm³/mol. The number of carbonyl (C=O) groups excluding carboxylic acids is 1. The molecule has 9 rings (SSSR count). The summed E-state index contributed by atoms with van der Waals surface area (Å²) in [4.78, 5) is 37.9. The molecular weight excluding hydrogens is 909 g/mol. The van der Waals surface area contributed by atoms with Crippen LogP contribution in [0, 0.1) is 35.0 Å². The molecule has 24 heteroatoms. The van der Waals surface area contributed by atoms with E-state index in [2.05, 4.69) is 30.2 Å². The average Bonchev–Trinajstić information content (AvgIpc) is 3.74. The van der Waals surface area contributed by atoms with Crippen LogP contribution in [0.3, 0.4) is 0 Å². The van der Waals surface area contributed by atoms with Gasteiger partial charge in [-0.25, -0.2) is 49.1 Å². The molecule has 1 amide bonds. The van der Waals surface area contributed by atoms with Crippen LogP contribution in [-0.4, -0.2) is 54.7 Å². The van der Waals surface area contributed by atoms with Crippen LogP contribution in [0.15, 0.2) is 59.4 Å². The van der Waals surface area contributed by atoms with Crippen LogP contribution in [0.1, 0.15) is 53.1 Å². The molecule has 7 aromatic rings. The van der Waals surface area contributed by atoms with Crippen molar-refractivity contribution in [1.29, 1.82) is 0 Å². The Kier molecular flexibility index (Phi) is 10.1. The number of benzene rings is 3. The highest BCUT2D eigenvalue weighted by Gasteiger charge is 2.67. The summed E-state index contributed by atoms with van der Waals surface area (Å²) in [6.07, 6.45) is -3.10. The molecule has 0 bridgehead atoms. The number of fused-ring (bicyclic) bond motifs is 5. The Bertz CT molecular complexity index is 3280. The zero-order chi connectivity index (χ0) is 45.9. The maximum Gasteiger partial charge on any atom is 0.293 e. The van der Waals surface area contributed by atoms with E-state index in [0.29, 0.717) is 22.9 Å². The van der Waals surface area contributed by atoms with Gasteiger partial charge >= 0.3 is 0 Å². The van der Waals surface area contributed by atoms with E-state index in [9.17, 15) is 48.7 Å². The van der Waals surface area contributed by atoms with Gasteiger partial charge in [0.2, 0.25) is 15.9 Å². The molecule has 0 aliphatic heterocycles. The van der Waals surface area contributed by atoms with Gasteiger partial charge in [-0.15, -0.1) is 0 Å². The number of nitrogens with zero attached hydrogens (tertiary/aromatic N) is 7. The number of pyridine rings is 1. The molecule has 4 aromatic heterocycles. The standard InChI is InChI=1S/C40H27ClF9N9O4S/c1-57-33-27(6-4-22(41)30(33)37(55-57)56-64(2,62)63)59-38(53-36-19(39(59)61)3-5-25(52-36)16-10-23(44)31(46)24(45)11-16)26(9-15-7-17(42)12-18(43)8-15)51-28(60)14-58-34-29(32(54-58)35(47)48)20-13-21(20)40(34,49)50/h3-8,10-12,20-21,26,35H,9,13-14H2,1-2H3,(H,51,60)(H,55,56)/t20-,21+,26-/m0/s1. The molecule has 0 unspecified atom stereocenters. The molecule has 332 valence electrons. The van der Waals surface area contributed by atoms with Gasteiger partial charge in [0.15, 0.2) is 28.9 Å². The Hall–Kier alpha value is -6.49. The SMILES string of the molecule is Cn1nc(NS(C)(=O)=O)c2c(Cl)ccc(-n3c([C@H](Cc4cc(F)cc(F)c4)NC(=O)Cn4nc(C(F)F)c5c4C(F)(F)[C@@H]4C[C@H]54)nc4nc(-c5cc(F)c(F)c(F)c5)ccc4c3=O)c21. The van der Waals surface area contributed by atoms with E-state index in [1.165, 1.54) is 31.3 Å². The molecule has 3 aromatic carbocycles. The Labute approximate surface area is 358 Å². The minimum atomic E-state index is -3.99. The van der Waals surface area contributed by atoms with Crippen LogP contribution < -0.4 is 15.6 Å². The van der Waals surface area contributed by atoms with Crippen molar-refractivity contribution >= 4 is 55.3 Å². The molecule has 0 saturated heterocycles. The van der Waals surface area contributed by atoms with E-state index in [1.807, 2.05) is 0 Å². The van der Waals surface area contributed by atoms with Gasteiger partial charge in [-0.1, -0.05) is 11.6 Å². The number of hydrogen-bond acceptors (Lipinski definition) is 8. The molecule has 2 N–H and O–H groups in total. The number of halogens is 10. The highest BCUT2D eigenvalue weighted by molar-refractivity contribution is 7.92. The average molecular weight is 936 g/mol. The molecule has 4 heterocycles. The maximum atomic E-state index is 15.5. The number of amides is 1. The molecule has 1 saturated carbocycles. The number of nitrogens with one attached hydrogen (secondary N) is 2. The lowest BCUT2D eigenvalue weighted by atomic mass is 10.0. The summed E-state index contributed by atoms with van der Waals surface area (Å²) in [5, 5.41) is 10.1. The second kappa shape index (κ2) is 15.1. The Morgan fingerprint density at radius 3 is 2.31 bits per heavy atom. The monoisotopic (exact) mass is 935 g/mol. The number of aryl methyl sites for hydroxylation is 1. The molecule has 13 nitrogen and oxygen atoms in total. The van der Waals surface area contributed by atoms with Crippen LogP contribution in [0.5, 0.6) is 0 Å². The molecule has 0 spiro atoms. The van der Waals surface area contributed by atoms with Crippen LogP contribution in [0.25, 0.3) is 38.9 Å². The smallest absolute Gasteiger partial charge is 0.293 e. The normalized spacial score (nSPS) is 17.0. The maximum absolute atomic E-state index is 15.5. The number of hydrogen-bond donors (Lipinski definition) is 2. The molecule has 0 radical (unpaired) electrons. The van der Waals surface area contributed by atoms with E-state index in [1.54, 1.807) is 0 Å². The third kappa shape index (κ3) is 7.28. The number of aromatic nitrogens is 7. The second-order valence-electron chi connectivity index (χ2n) is 15.3.